The van der Waals surface area contributed by atoms with E-state index in [0.29, 0.717) is 5.13 Å². The van der Waals surface area contributed by atoms with E-state index >= 15 is 0 Å². The summed E-state index contributed by atoms with van der Waals surface area (Å²) in [4.78, 5) is 15.7. The maximum Gasteiger partial charge on any atom is 0.245 e. The molecule has 6 heteroatoms. The summed E-state index contributed by atoms with van der Waals surface area (Å²) in [6, 6.07) is 6.53. The maximum atomic E-state index is 11.6. The second-order valence-corrected chi connectivity index (χ2v) is 4.60. The Kier molecular flexibility index (Phi) is 3.78. The average molecular weight is 263 g/mol. The second kappa shape index (κ2) is 5.50. The number of hydrogen-bond donors (Lipinski definition) is 3. The average Bonchev–Trinajstić information content (AvgIpc) is 2.74. The number of rotatable bonds is 4. The lowest BCUT2D eigenvalue weighted by molar-refractivity contribution is -0.114. The lowest BCUT2D eigenvalue weighted by atomic mass is 10.3. The number of benzene rings is 1. The van der Waals surface area contributed by atoms with Crippen LogP contribution in [0.1, 0.15) is 5.69 Å². The van der Waals surface area contributed by atoms with Gasteiger partial charge in [-0.15, -0.1) is 11.3 Å². The molecular formula is C12H13N3O2S. The number of phenols is 1. The zero-order valence-corrected chi connectivity index (χ0v) is 10.6. The minimum Gasteiger partial charge on any atom is -0.508 e. The summed E-state index contributed by atoms with van der Waals surface area (Å²) < 4.78 is 0. The second-order valence-electron chi connectivity index (χ2n) is 3.74. The molecule has 0 fully saturated rings. The van der Waals surface area contributed by atoms with Crippen LogP contribution in [0, 0.1) is 6.92 Å². The summed E-state index contributed by atoms with van der Waals surface area (Å²) in [7, 11) is 0. The SMILES string of the molecule is Cc1csc(NC(=O)CNc2ccc(O)cc2)n1. The predicted octanol–water partition coefficient (Wildman–Crippen LogP) is 2.21. The van der Waals surface area contributed by atoms with Gasteiger partial charge in [-0.05, 0) is 31.2 Å². The highest BCUT2D eigenvalue weighted by atomic mass is 32.1. The summed E-state index contributed by atoms with van der Waals surface area (Å²) in [5.74, 6) is 0.0423. The topological polar surface area (TPSA) is 74.2 Å². The zero-order chi connectivity index (χ0) is 13.0. The van der Waals surface area contributed by atoms with Gasteiger partial charge in [-0.1, -0.05) is 0 Å². The first-order valence-corrected chi connectivity index (χ1v) is 6.26. The molecule has 0 aliphatic rings. The Morgan fingerprint density at radius 2 is 2.11 bits per heavy atom. The number of aryl methyl sites for hydroxylation is 1. The molecule has 0 radical (unpaired) electrons. The molecule has 0 aliphatic carbocycles. The Labute approximate surface area is 108 Å². The molecule has 18 heavy (non-hydrogen) atoms. The molecule has 3 N–H and O–H groups in total. The van der Waals surface area contributed by atoms with Crippen LogP contribution in [-0.2, 0) is 4.79 Å². The van der Waals surface area contributed by atoms with E-state index in [1.165, 1.54) is 11.3 Å². The van der Waals surface area contributed by atoms with Crippen molar-refractivity contribution in [3.05, 3.63) is 35.3 Å². The van der Waals surface area contributed by atoms with Gasteiger partial charge in [-0.25, -0.2) is 4.98 Å². The third-order valence-corrected chi connectivity index (χ3v) is 3.06. The standard InChI is InChI=1S/C12H13N3O2S/c1-8-7-18-12(14-8)15-11(17)6-13-9-2-4-10(16)5-3-9/h2-5,7,13,16H,6H2,1H3,(H,14,15,17). The minimum atomic E-state index is -0.155. The van der Waals surface area contributed by atoms with Crippen molar-refractivity contribution in [1.29, 1.82) is 0 Å². The van der Waals surface area contributed by atoms with Crippen molar-refractivity contribution in [2.24, 2.45) is 0 Å². The molecule has 0 unspecified atom stereocenters. The van der Waals surface area contributed by atoms with Crippen LogP contribution in [-0.4, -0.2) is 22.5 Å². The summed E-state index contributed by atoms with van der Waals surface area (Å²) in [5, 5.41) is 17.3. The number of hydrogen-bond acceptors (Lipinski definition) is 5. The molecule has 0 aliphatic heterocycles. The fourth-order valence-electron chi connectivity index (χ4n) is 1.34. The van der Waals surface area contributed by atoms with Crippen LogP contribution < -0.4 is 10.6 Å². The summed E-state index contributed by atoms with van der Waals surface area (Å²) in [6.45, 7) is 2.03. The molecule has 2 aromatic rings. The molecule has 0 saturated carbocycles. The molecule has 0 saturated heterocycles. The van der Waals surface area contributed by atoms with E-state index in [1.807, 2.05) is 12.3 Å². The number of nitrogens with zero attached hydrogens (tertiary/aromatic N) is 1. The first kappa shape index (κ1) is 12.4. The van der Waals surface area contributed by atoms with Crippen LogP contribution in [0.15, 0.2) is 29.6 Å². The summed E-state index contributed by atoms with van der Waals surface area (Å²) in [6.07, 6.45) is 0. The van der Waals surface area contributed by atoms with Crippen LogP contribution >= 0.6 is 11.3 Å². The van der Waals surface area contributed by atoms with E-state index in [-0.39, 0.29) is 18.2 Å². The van der Waals surface area contributed by atoms with E-state index in [2.05, 4.69) is 15.6 Å². The number of aromatic hydroxyl groups is 1. The van der Waals surface area contributed by atoms with Gasteiger partial charge in [0.05, 0.1) is 12.2 Å². The quantitative estimate of drug-likeness (QED) is 0.739. The van der Waals surface area contributed by atoms with Crippen LogP contribution in [0.5, 0.6) is 5.75 Å². The van der Waals surface area contributed by atoms with Crippen molar-refractivity contribution < 1.29 is 9.90 Å². The number of nitrogens with one attached hydrogen (secondary N) is 2. The minimum absolute atomic E-state index is 0.155. The first-order chi connectivity index (χ1) is 8.63. The van der Waals surface area contributed by atoms with E-state index < -0.39 is 0 Å². The number of anilines is 2. The zero-order valence-electron chi connectivity index (χ0n) is 9.80. The number of carbonyl (C=O) groups excluding carboxylic acids is 1. The number of amides is 1. The lowest BCUT2D eigenvalue weighted by Crippen LogP contribution is -2.21. The van der Waals surface area contributed by atoms with E-state index in [0.717, 1.165) is 11.4 Å². The van der Waals surface area contributed by atoms with Gasteiger partial charge in [-0.2, -0.15) is 0 Å². The van der Waals surface area contributed by atoms with E-state index in [1.54, 1.807) is 24.3 Å². The normalized spacial score (nSPS) is 10.1. The Morgan fingerprint density at radius 3 is 2.72 bits per heavy atom. The number of thiazole rings is 1. The van der Waals surface area contributed by atoms with Crippen LogP contribution in [0.25, 0.3) is 0 Å². The molecule has 1 amide bonds. The fourth-order valence-corrected chi connectivity index (χ4v) is 2.04. The fraction of sp³-hybridized carbons (Fsp3) is 0.167. The number of carbonyl (C=O) groups is 1. The molecule has 0 bridgehead atoms. The van der Waals surface area contributed by atoms with Crippen LogP contribution in [0.2, 0.25) is 0 Å². The van der Waals surface area contributed by atoms with Gasteiger partial charge in [0.15, 0.2) is 5.13 Å². The van der Waals surface area contributed by atoms with Gasteiger partial charge in [0.1, 0.15) is 5.75 Å². The predicted molar refractivity (Wildman–Crippen MR) is 72.1 cm³/mol. The van der Waals surface area contributed by atoms with Gasteiger partial charge in [0, 0.05) is 11.1 Å². The molecule has 1 aromatic heterocycles. The smallest absolute Gasteiger partial charge is 0.245 e. The van der Waals surface area contributed by atoms with Gasteiger partial charge in [-0.3, -0.25) is 4.79 Å². The third-order valence-electron chi connectivity index (χ3n) is 2.19. The van der Waals surface area contributed by atoms with Crippen molar-refractivity contribution in [3.63, 3.8) is 0 Å². The van der Waals surface area contributed by atoms with Crippen molar-refractivity contribution in [1.82, 2.24) is 4.98 Å². The van der Waals surface area contributed by atoms with Crippen molar-refractivity contribution in [2.75, 3.05) is 17.2 Å². The highest BCUT2D eigenvalue weighted by molar-refractivity contribution is 7.13. The summed E-state index contributed by atoms with van der Waals surface area (Å²) >= 11 is 1.40. The molecule has 0 atom stereocenters. The molecule has 0 spiro atoms. The highest BCUT2D eigenvalue weighted by Crippen LogP contribution is 2.15. The molecule has 5 nitrogen and oxygen atoms in total. The van der Waals surface area contributed by atoms with E-state index in [9.17, 15) is 4.79 Å². The molecule has 94 valence electrons. The van der Waals surface area contributed by atoms with Gasteiger partial charge >= 0.3 is 0 Å². The van der Waals surface area contributed by atoms with Gasteiger partial charge in [0.25, 0.3) is 0 Å². The molecule has 1 aromatic carbocycles. The molecule has 2 rings (SSSR count). The van der Waals surface area contributed by atoms with Crippen LogP contribution in [0.3, 0.4) is 0 Å². The van der Waals surface area contributed by atoms with Gasteiger partial charge < -0.3 is 15.7 Å². The Bertz CT molecular complexity index is 537. The number of aromatic nitrogens is 1. The lowest BCUT2D eigenvalue weighted by Gasteiger charge is -2.05. The molecular weight excluding hydrogens is 250 g/mol. The van der Waals surface area contributed by atoms with Gasteiger partial charge in [0.2, 0.25) is 5.91 Å². The molecule has 1 heterocycles. The monoisotopic (exact) mass is 263 g/mol. The van der Waals surface area contributed by atoms with Crippen LogP contribution in [0.4, 0.5) is 10.8 Å². The maximum absolute atomic E-state index is 11.6. The van der Waals surface area contributed by atoms with Crippen molar-refractivity contribution in [2.45, 2.75) is 6.92 Å². The first-order valence-electron chi connectivity index (χ1n) is 5.38. The third kappa shape index (κ3) is 3.46. The van der Waals surface area contributed by atoms with Crippen molar-refractivity contribution >= 4 is 28.1 Å². The van der Waals surface area contributed by atoms with Crippen molar-refractivity contribution in [3.8, 4) is 5.75 Å². The number of phenolic OH excluding ortho intramolecular Hbond substituents is 1. The Balaban J connectivity index is 1.83. The Morgan fingerprint density at radius 1 is 1.39 bits per heavy atom. The Hall–Kier alpha value is -2.08. The highest BCUT2D eigenvalue weighted by Gasteiger charge is 2.04. The van der Waals surface area contributed by atoms with E-state index in [4.69, 9.17) is 5.11 Å². The largest absolute Gasteiger partial charge is 0.508 e. The summed E-state index contributed by atoms with van der Waals surface area (Å²) in [5.41, 5.74) is 1.67.